The molecule has 0 saturated heterocycles. The van der Waals surface area contributed by atoms with Crippen molar-refractivity contribution in [3.05, 3.63) is 74.1 Å². The number of halogens is 2. The number of amides is 2. The van der Waals surface area contributed by atoms with Gasteiger partial charge in [-0.3, -0.25) is 14.9 Å². The van der Waals surface area contributed by atoms with Gasteiger partial charge in [-0.2, -0.15) is 0 Å². The number of hydrogen-bond donors (Lipinski definition) is 2. The molecule has 0 spiro atoms. The van der Waals surface area contributed by atoms with Crippen molar-refractivity contribution in [1.82, 2.24) is 4.98 Å². The van der Waals surface area contributed by atoms with E-state index in [1.54, 1.807) is 49.0 Å². The van der Waals surface area contributed by atoms with Gasteiger partial charge in [0.15, 0.2) is 5.13 Å². The number of anilines is 2. The molecule has 1 aromatic heterocycles. The van der Waals surface area contributed by atoms with Crippen molar-refractivity contribution in [2.45, 2.75) is 0 Å². The van der Waals surface area contributed by atoms with Crippen LogP contribution in [0.4, 0.5) is 10.8 Å². The maximum Gasteiger partial charge on any atom is 0.259 e. The quantitative estimate of drug-likeness (QED) is 0.403. The minimum Gasteiger partial charge on any atom is -0.495 e. The smallest absolute Gasteiger partial charge is 0.259 e. The third-order valence-electron chi connectivity index (χ3n) is 3.74. The third-order valence-corrected chi connectivity index (χ3v) is 5.47. The first-order valence-electron chi connectivity index (χ1n) is 8.30. The highest BCUT2D eigenvalue weighted by molar-refractivity contribution is 9.11. The molecule has 0 aliphatic carbocycles. The lowest BCUT2D eigenvalue weighted by Crippen LogP contribution is -2.16. The summed E-state index contributed by atoms with van der Waals surface area (Å²) in [6, 6.07) is 10.5. The molecule has 1 heterocycles. The summed E-state index contributed by atoms with van der Waals surface area (Å²) in [6.07, 6.45) is 4.63. The molecule has 0 saturated carbocycles. The van der Waals surface area contributed by atoms with Gasteiger partial charge < -0.3 is 10.1 Å². The van der Waals surface area contributed by atoms with Gasteiger partial charge in [-0.05, 0) is 46.3 Å². The number of ether oxygens (including phenoxy) is 1. The minimum absolute atomic E-state index is 0.340. The highest BCUT2D eigenvalue weighted by Crippen LogP contribution is 2.33. The van der Waals surface area contributed by atoms with Crippen LogP contribution < -0.4 is 15.4 Å². The van der Waals surface area contributed by atoms with E-state index in [0.29, 0.717) is 22.1 Å². The van der Waals surface area contributed by atoms with Gasteiger partial charge >= 0.3 is 0 Å². The number of hydrogen-bond acceptors (Lipinski definition) is 5. The highest BCUT2D eigenvalue weighted by Gasteiger charge is 2.14. The van der Waals surface area contributed by atoms with Gasteiger partial charge in [0.05, 0.1) is 22.8 Å². The fourth-order valence-electron chi connectivity index (χ4n) is 2.50. The molecule has 6 nitrogen and oxygen atoms in total. The molecule has 2 amide bonds. The molecule has 0 fully saturated rings. The van der Waals surface area contributed by atoms with Crippen molar-refractivity contribution >= 4 is 71.9 Å². The Morgan fingerprint density at radius 3 is 2.69 bits per heavy atom. The van der Waals surface area contributed by atoms with E-state index in [2.05, 4.69) is 47.5 Å². The number of nitrogens with zero attached hydrogens (tertiary/aromatic N) is 1. The maximum atomic E-state index is 12.5. The summed E-state index contributed by atoms with van der Waals surface area (Å²) in [5.74, 6) is -0.115. The normalized spacial score (nSPS) is 10.7. The van der Waals surface area contributed by atoms with Crippen LogP contribution in [0.2, 0.25) is 0 Å². The van der Waals surface area contributed by atoms with E-state index in [9.17, 15) is 9.59 Å². The van der Waals surface area contributed by atoms with Crippen LogP contribution in [0.1, 0.15) is 15.9 Å². The summed E-state index contributed by atoms with van der Waals surface area (Å²) in [6.45, 7) is 0. The second kappa shape index (κ2) is 9.82. The SMILES string of the molecule is COc1c(Br)cc(Br)cc1/C=C/C(=O)Nc1ccccc1C(=O)Nc1nccs1. The molecule has 2 N–H and O–H groups in total. The first-order chi connectivity index (χ1) is 14.0. The molecule has 2 aromatic carbocycles. The Balaban J connectivity index is 1.77. The zero-order chi connectivity index (χ0) is 20.8. The molecule has 0 bridgehead atoms. The number of thiazole rings is 1. The van der Waals surface area contributed by atoms with Crippen molar-refractivity contribution in [3.8, 4) is 5.75 Å². The lowest BCUT2D eigenvalue weighted by Gasteiger charge is -2.10. The van der Waals surface area contributed by atoms with Crippen LogP contribution in [-0.4, -0.2) is 23.9 Å². The number of nitrogens with one attached hydrogen (secondary N) is 2. The van der Waals surface area contributed by atoms with Gasteiger partial charge in [-0.25, -0.2) is 4.98 Å². The summed E-state index contributed by atoms with van der Waals surface area (Å²) >= 11 is 8.16. The Bertz CT molecular complexity index is 1070. The summed E-state index contributed by atoms with van der Waals surface area (Å²) in [5.41, 5.74) is 1.46. The second-order valence-electron chi connectivity index (χ2n) is 5.67. The van der Waals surface area contributed by atoms with Gasteiger partial charge in [-0.15, -0.1) is 11.3 Å². The average molecular weight is 537 g/mol. The van der Waals surface area contributed by atoms with Crippen LogP contribution in [0.25, 0.3) is 6.08 Å². The Labute approximate surface area is 188 Å². The van der Waals surface area contributed by atoms with Crippen LogP contribution in [0, 0.1) is 0 Å². The minimum atomic E-state index is -0.377. The van der Waals surface area contributed by atoms with E-state index in [4.69, 9.17) is 4.74 Å². The van der Waals surface area contributed by atoms with Crippen molar-refractivity contribution in [3.63, 3.8) is 0 Å². The first-order valence-corrected chi connectivity index (χ1v) is 10.8. The van der Waals surface area contributed by atoms with Crippen LogP contribution in [0.15, 0.2) is 63.0 Å². The maximum absolute atomic E-state index is 12.5. The summed E-state index contributed by atoms with van der Waals surface area (Å²) in [5, 5.41) is 7.71. The standard InChI is InChI=1S/C20H15Br2N3O3S/c1-28-18-12(10-13(21)11-15(18)22)6-7-17(26)24-16-5-3-2-4-14(16)19(27)25-20-23-8-9-29-20/h2-11H,1H3,(H,24,26)(H,23,25,27)/b7-6+. The largest absolute Gasteiger partial charge is 0.495 e. The summed E-state index contributed by atoms with van der Waals surface area (Å²) in [4.78, 5) is 29.0. The number of aromatic nitrogens is 1. The summed E-state index contributed by atoms with van der Waals surface area (Å²) in [7, 11) is 1.56. The van der Waals surface area contributed by atoms with Crippen molar-refractivity contribution in [1.29, 1.82) is 0 Å². The first kappa shape index (κ1) is 21.2. The second-order valence-corrected chi connectivity index (χ2v) is 8.33. The molecule has 0 aliphatic heterocycles. The molecule has 0 radical (unpaired) electrons. The van der Waals surface area contributed by atoms with E-state index in [1.807, 2.05) is 12.1 Å². The van der Waals surface area contributed by atoms with Crippen LogP contribution in [0.3, 0.4) is 0 Å². The van der Waals surface area contributed by atoms with E-state index < -0.39 is 0 Å². The Morgan fingerprint density at radius 1 is 1.17 bits per heavy atom. The Kier molecular flexibility index (Phi) is 7.18. The molecule has 9 heteroatoms. The topological polar surface area (TPSA) is 80.3 Å². The van der Waals surface area contributed by atoms with E-state index in [0.717, 1.165) is 14.5 Å². The molecule has 0 atom stereocenters. The predicted molar refractivity (Wildman–Crippen MR) is 123 cm³/mol. The average Bonchev–Trinajstić information content (AvgIpc) is 3.19. The van der Waals surface area contributed by atoms with Crippen LogP contribution in [0.5, 0.6) is 5.75 Å². The van der Waals surface area contributed by atoms with Crippen molar-refractivity contribution in [2.24, 2.45) is 0 Å². The van der Waals surface area contributed by atoms with Gasteiger partial charge in [0.2, 0.25) is 5.91 Å². The monoisotopic (exact) mass is 535 g/mol. The molecule has 0 aliphatic rings. The van der Waals surface area contributed by atoms with Crippen molar-refractivity contribution in [2.75, 3.05) is 17.7 Å². The number of carbonyl (C=O) groups is 2. The van der Waals surface area contributed by atoms with Gasteiger partial charge in [0.25, 0.3) is 5.91 Å². The van der Waals surface area contributed by atoms with E-state index in [1.165, 1.54) is 17.4 Å². The van der Waals surface area contributed by atoms with E-state index in [-0.39, 0.29) is 11.8 Å². The fourth-order valence-corrected chi connectivity index (χ4v) is 4.44. The number of carbonyl (C=O) groups excluding carboxylic acids is 2. The van der Waals surface area contributed by atoms with Crippen LogP contribution >= 0.6 is 43.2 Å². The zero-order valence-corrected chi connectivity index (χ0v) is 19.1. The number of methoxy groups -OCH3 is 1. The lowest BCUT2D eigenvalue weighted by molar-refractivity contribution is -0.111. The van der Waals surface area contributed by atoms with Gasteiger partial charge in [0.1, 0.15) is 5.75 Å². The third kappa shape index (κ3) is 5.53. The predicted octanol–water partition coefficient (Wildman–Crippen LogP) is 5.58. The molecular formula is C20H15Br2N3O3S. The molecule has 3 rings (SSSR count). The van der Waals surface area contributed by atoms with E-state index >= 15 is 0 Å². The molecule has 0 unspecified atom stereocenters. The Hall–Kier alpha value is -2.49. The van der Waals surface area contributed by atoms with Crippen molar-refractivity contribution < 1.29 is 14.3 Å². The molecule has 3 aromatic rings. The fraction of sp³-hybridized carbons (Fsp3) is 0.0500. The zero-order valence-electron chi connectivity index (χ0n) is 15.1. The summed E-state index contributed by atoms with van der Waals surface area (Å²) < 4.78 is 6.98. The highest BCUT2D eigenvalue weighted by atomic mass is 79.9. The number of rotatable bonds is 6. The molecule has 29 heavy (non-hydrogen) atoms. The molecule has 148 valence electrons. The number of benzene rings is 2. The number of para-hydroxylation sites is 1. The van der Waals surface area contributed by atoms with Gasteiger partial charge in [-0.1, -0.05) is 28.1 Å². The molecular weight excluding hydrogens is 522 g/mol. The van der Waals surface area contributed by atoms with Gasteiger partial charge in [0, 0.05) is 27.7 Å². The van der Waals surface area contributed by atoms with Crippen LogP contribution in [-0.2, 0) is 4.79 Å². The Morgan fingerprint density at radius 2 is 1.97 bits per heavy atom. The lowest BCUT2D eigenvalue weighted by atomic mass is 10.1.